The number of aryl methyl sites for hydroxylation is 1. The van der Waals surface area contributed by atoms with Crippen LogP contribution in [0.15, 0.2) is 32.5 Å². The molecular formula is C19H19N5O3S2. The lowest BCUT2D eigenvalue weighted by atomic mass is 10.2. The van der Waals surface area contributed by atoms with E-state index < -0.39 is 0 Å². The first-order valence-electron chi connectivity index (χ1n) is 9.58. The third kappa shape index (κ3) is 3.29. The molecule has 0 fully saturated rings. The molecule has 0 aromatic carbocycles. The monoisotopic (exact) mass is 429 g/mol. The van der Waals surface area contributed by atoms with Gasteiger partial charge in [0.15, 0.2) is 5.16 Å². The van der Waals surface area contributed by atoms with Crippen LogP contribution in [0.3, 0.4) is 0 Å². The van der Waals surface area contributed by atoms with Gasteiger partial charge in [0, 0.05) is 30.8 Å². The number of hydrogen-bond donors (Lipinski definition) is 1. The Bertz CT molecular complexity index is 1230. The number of rotatable bonds is 5. The smallest absolute Gasteiger partial charge is 0.271 e. The van der Waals surface area contributed by atoms with E-state index in [2.05, 4.69) is 15.3 Å². The Morgan fingerprint density at radius 3 is 3.07 bits per heavy atom. The van der Waals surface area contributed by atoms with E-state index in [4.69, 9.17) is 0 Å². The van der Waals surface area contributed by atoms with Crippen molar-refractivity contribution >= 4 is 39.2 Å². The molecule has 8 nitrogen and oxygen atoms in total. The number of thioether (sulfide) groups is 1. The summed E-state index contributed by atoms with van der Waals surface area (Å²) in [7, 11) is 0. The summed E-state index contributed by atoms with van der Waals surface area (Å²) in [5.74, 6) is 0.547. The van der Waals surface area contributed by atoms with Gasteiger partial charge in [0.1, 0.15) is 4.70 Å². The number of amides is 1. The van der Waals surface area contributed by atoms with E-state index in [-0.39, 0.29) is 29.5 Å². The van der Waals surface area contributed by atoms with Crippen molar-refractivity contribution in [2.45, 2.75) is 43.4 Å². The van der Waals surface area contributed by atoms with Crippen LogP contribution in [-0.2, 0) is 24.2 Å². The number of aromatic nitrogens is 4. The molecule has 5 rings (SSSR count). The summed E-state index contributed by atoms with van der Waals surface area (Å²) >= 11 is 2.91. The number of carbonyl (C=O) groups excluding carboxylic acids is 1. The molecule has 10 heteroatoms. The largest absolute Gasteiger partial charge is 0.354 e. The number of carbonyl (C=O) groups is 1. The molecule has 1 aliphatic carbocycles. The van der Waals surface area contributed by atoms with E-state index in [0.29, 0.717) is 29.1 Å². The summed E-state index contributed by atoms with van der Waals surface area (Å²) in [6, 6.07) is 1.64. The minimum atomic E-state index is -0.173. The fourth-order valence-electron chi connectivity index (χ4n) is 3.94. The van der Waals surface area contributed by atoms with Gasteiger partial charge in [-0.25, -0.2) is 9.97 Å². The Morgan fingerprint density at radius 1 is 1.28 bits per heavy atom. The summed E-state index contributed by atoms with van der Waals surface area (Å²) in [6.07, 6.45) is 4.37. The highest BCUT2D eigenvalue weighted by atomic mass is 32.2. The molecule has 0 saturated carbocycles. The third-order valence-electron chi connectivity index (χ3n) is 5.40. The molecule has 1 N–H and O–H groups in total. The summed E-state index contributed by atoms with van der Waals surface area (Å²) in [6.45, 7) is 0.692. The van der Waals surface area contributed by atoms with Gasteiger partial charge in [-0.1, -0.05) is 11.8 Å². The highest BCUT2D eigenvalue weighted by Crippen LogP contribution is 2.33. The molecule has 4 heterocycles. The van der Waals surface area contributed by atoms with Gasteiger partial charge >= 0.3 is 0 Å². The first-order chi connectivity index (χ1) is 14.1. The standard InChI is InChI=1S/C19H19N5O3S2/c25-15(20-5-6-23-10-21-14-4-7-28-16(14)18(23)27)8-11-9-29-19-22-13-3-1-2-12(13)17(26)24(11)19/h4,7,10-11H,1-3,5-6,8-9H2,(H,20,25)/t11-/m1/s1. The van der Waals surface area contributed by atoms with Gasteiger partial charge in [0.05, 0.1) is 23.6 Å². The zero-order valence-corrected chi connectivity index (χ0v) is 17.2. The lowest BCUT2D eigenvalue weighted by Gasteiger charge is -2.14. The second kappa shape index (κ2) is 7.42. The van der Waals surface area contributed by atoms with Crippen molar-refractivity contribution in [3.63, 3.8) is 0 Å². The molecular weight excluding hydrogens is 410 g/mol. The van der Waals surface area contributed by atoms with Crippen LogP contribution >= 0.6 is 23.1 Å². The molecule has 3 aromatic heterocycles. The van der Waals surface area contributed by atoms with Crippen LogP contribution in [-0.4, -0.2) is 37.3 Å². The van der Waals surface area contributed by atoms with Crippen LogP contribution in [0.25, 0.3) is 10.2 Å². The second-order valence-electron chi connectivity index (χ2n) is 7.25. The van der Waals surface area contributed by atoms with Crippen LogP contribution in [0.5, 0.6) is 0 Å². The molecule has 0 spiro atoms. The van der Waals surface area contributed by atoms with E-state index in [1.165, 1.54) is 22.2 Å². The maximum absolute atomic E-state index is 12.8. The number of thiophene rings is 1. The summed E-state index contributed by atoms with van der Waals surface area (Å²) < 4.78 is 3.84. The minimum absolute atomic E-state index is 0.0205. The first-order valence-corrected chi connectivity index (χ1v) is 11.4. The number of hydrogen-bond acceptors (Lipinski definition) is 7. The van der Waals surface area contributed by atoms with Gasteiger partial charge in [0.25, 0.3) is 11.1 Å². The Morgan fingerprint density at radius 2 is 2.17 bits per heavy atom. The van der Waals surface area contributed by atoms with Crippen molar-refractivity contribution in [1.29, 1.82) is 0 Å². The minimum Gasteiger partial charge on any atom is -0.354 e. The summed E-state index contributed by atoms with van der Waals surface area (Å²) in [5, 5.41) is 5.44. The van der Waals surface area contributed by atoms with E-state index >= 15 is 0 Å². The van der Waals surface area contributed by atoms with Crippen LogP contribution in [0, 0.1) is 0 Å². The predicted molar refractivity (Wildman–Crippen MR) is 112 cm³/mol. The van der Waals surface area contributed by atoms with Gasteiger partial charge in [0.2, 0.25) is 5.91 Å². The van der Waals surface area contributed by atoms with Crippen molar-refractivity contribution in [2.75, 3.05) is 12.3 Å². The lowest BCUT2D eigenvalue weighted by Crippen LogP contribution is -2.34. The Balaban J connectivity index is 1.23. The van der Waals surface area contributed by atoms with E-state index in [9.17, 15) is 14.4 Å². The molecule has 3 aromatic rings. The highest BCUT2D eigenvalue weighted by molar-refractivity contribution is 7.99. The Kier molecular flexibility index (Phi) is 4.75. The van der Waals surface area contributed by atoms with Crippen LogP contribution in [0.4, 0.5) is 0 Å². The SMILES string of the molecule is O=C(C[C@@H]1CSc2nc3c(c(=O)n21)CCC3)NCCn1cnc2ccsc2c1=O. The van der Waals surface area contributed by atoms with Gasteiger partial charge < -0.3 is 5.32 Å². The number of fused-ring (bicyclic) bond motifs is 3. The van der Waals surface area contributed by atoms with Crippen molar-refractivity contribution in [1.82, 2.24) is 24.4 Å². The lowest BCUT2D eigenvalue weighted by molar-refractivity contribution is -0.121. The normalized spacial score (nSPS) is 17.4. The van der Waals surface area contributed by atoms with E-state index in [1.54, 1.807) is 16.3 Å². The topological polar surface area (TPSA) is 98.9 Å². The molecule has 0 radical (unpaired) electrons. The van der Waals surface area contributed by atoms with Gasteiger partial charge in [-0.05, 0) is 30.7 Å². The highest BCUT2D eigenvalue weighted by Gasteiger charge is 2.31. The van der Waals surface area contributed by atoms with Gasteiger partial charge in [-0.3, -0.25) is 23.5 Å². The summed E-state index contributed by atoms with van der Waals surface area (Å²) in [4.78, 5) is 46.5. The van der Waals surface area contributed by atoms with Crippen molar-refractivity contribution < 1.29 is 4.79 Å². The average Bonchev–Trinajstić information content (AvgIpc) is 3.44. The Labute approximate surface area is 174 Å². The maximum atomic E-state index is 12.8. The molecule has 1 amide bonds. The zero-order chi connectivity index (χ0) is 20.0. The average molecular weight is 430 g/mol. The van der Waals surface area contributed by atoms with Crippen LogP contribution in [0.1, 0.15) is 30.1 Å². The predicted octanol–water partition coefficient (Wildman–Crippen LogP) is 1.36. The molecule has 1 atom stereocenters. The number of nitrogens with one attached hydrogen (secondary N) is 1. The third-order valence-corrected chi connectivity index (χ3v) is 7.39. The van der Waals surface area contributed by atoms with Crippen molar-refractivity contribution in [3.05, 3.63) is 49.7 Å². The molecule has 1 aliphatic heterocycles. The molecule has 0 unspecified atom stereocenters. The molecule has 2 aliphatic rings. The van der Waals surface area contributed by atoms with Crippen LogP contribution in [0.2, 0.25) is 0 Å². The fourth-order valence-corrected chi connectivity index (χ4v) is 5.89. The van der Waals surface area contributed by atoms with Gasteiger partial charge in [-0.15, -0.1) is 11.3 Å². The van der Waals surface area contributed by atoms with E-state index in [0.717, 1.165) is 35.7 Å². The second-order valence-corrected chi connectivity index (χ2v) is 9.15. The fraction of sp³-hybridized carbons (Fsp3) is 0.421. The number of nitrogens with zero attached hydrogens (tertiary/aromatic N) is 4. The molecule has 0 saturated heterocycles. The van der Waals surface area contributed by atoms with Crippen molar-refractivity contribution in [2.24, 2.45) is 0 Å². The Hall–Kier alpha value is -2.46. The van der Waals surface area contributed by atoms with E-state index in [1.807, 2.05) is 11.4 Å². The maximum Gasteiger partial charge on any atom is 0.271 e. The zero-order valence-electron chi connectivity index (χ0n) is 15.6. The summed E-state index contributed by atoms with van der Waals surface area (Å²) in [5.41, 5.74) is 2.38. The van der Waals surface area contributed by atoms with Crippen LogP contribution < -0.4 is 16.4 Å². The van der Waals surface area contributed by atoms with Crippen molar-refractivity contribution in [3.8, 4) is 0 Å². The first kappa shape index (κ1) is 18.6. The molecule has 0 bridgehead atoms. The molecule has 29 heavy (non-hydrogen) atoms. The molecule has 150 valence electrons. The quantitative estimate of drug-likeness (QED) is 0.615. The van der Waals surface area contributed by atoms with Gasteiger partial charge in [-0.2, -0.15) is 0 Å².